The highest BCUT2D eigenvalue weighted by Gasteiger charge is 2.51. The van der Waals surface area contributed by atoms with E-state index in [0.29, 0.717) is 13.1 Å². The van der Waals surface area contributed by atoms with Crippen LogP contribution in [0, 0.1) is 5.92 Å². The maximum atomic E-state index is 12.8. The smallest absolute Gasteiger partial charge is 0.379 e. The van der Waals surface area contributed by atoms with Gasteiger partial charge in [0.1, 0.15) is 0 Å². The molecule has 0 radical (unpaired) electrons. The Kier molecular flexibility index (Phi) is 3.97. The maximum absolute atomic E-state index is 12.8. The molecule has 0 saturated heterocycles. The quantitative estimate of drug-likeness (QED) is 0.893. The number of fused-ring (bicyclic) bond motifs is 1. The zero-order valence-corrected chi connectivity index (χ0v) is 11.3. The fourth-order valence-corrected chi connectivity index (χ4v) is 2.55. The second kappa shape index (κ2) is 5.26. The molecular formula is C14H19F3N2O. The number of nitrogens with zero attached hydrogens (tertiary/aromatic N) is 1. The highest BCUT2D eigenvalue weighted by atomic mass is 19.4. The van der Waals surface area contributed by atoms with Crippen LogP contribution in [-0.2, 0) is 6.42 Å². The first kappa shape index (κ1) is 15.1. The Labute approximate surface area is 116 Å². The highest BCUT2D eigenvalue weighted by Crippen LogP contribution is 2.35. The number of anilines is 1. The van der Waals surface area contributed by atoms with Gasteiger partial charge >= 0.3 is 6.18 Å². The summed E-state index contributed by atoms with van der Waals surface area (Å²) in [6.07, 6.45) is -3.89. The number of alkyl halides is 3. The van der Waals surface area contributed by atoms with Crippen molar-refractivity contribution in [3.05, 3.63) is 29.8 Å². The van der Waals surface area contributed by atoms with Gasteiger partial charge in [0.05, 0.1) is 6.54 Å². The van der Waals surface area contributed by atoms with Crippen LogP contribution in [0.1, 0.15) is 12.5 Å². The molecule has 0 bridgehead atoms. The molecule has 1 aromatic carbocycles. The van der Waals surface area contributed by atoms with Crippen LogP contribution in [0.25, 0.3) is 0 Å². The third kappa shape index (κ3) is 2.91. The number of benzene rings is 1. The first-order valence-corrected chi connectivity index (χ1v) is 6.56. The van der Waals surface area contributed by atoms with E-state index in [2.05, 4.69) is 0 Å². The fourth-order valence-electron chi connectivity index (χ4n) is 2.55. The third-order valence-corrected chi connectivity index (χ3v) is 3.76. The molecule has 0 fully saturated rings. The maximum Gasteiger partial charge on any atom is 0.418 e. The molecule has 1 aromatic rings. The van der Waals surface area contributed by atoms with Crippen molar-refractivity contribution in [2.75, 3.05) is 24.5 Å². The van der Waals surface area contributed by atoms with E-state index < -0.39 is 18.3 Å². The average molecular weight is 288 g/mol. The molecule has 20 heavy (non-hydrogen) atoms. The van der Waals surface area contributed by atoms with Gasteiger partial charge in [0, 0.05) is 12.2 Å². The van der Waals surface area contributed by atoms with Gasteiger partial charge in [0.2, 0.25) is 0 Å². The topological polar surface area (TPSA) is 49.5 Å². The molecule has 2 unspecified atom stereocenters. The summed E-state index contributed by atoms with van der Waals surface area (Å²) in [4.78, 5) is 1.59. The van der Waals surface area contributed by atoms with Crippen molar-refractivity contribution in [1.82, 2.24) is 0 Å². The predicted molar refractivity (Wildman–Crippen MR) is 71.6 cm³/mol. The second-order valence-electron chi connectivity index (χ2n) is 5.59. The van der Waals surface area contributed by atoms with Crippen molar-refractivity contribution in [2.24, 2.45) is 11.7 Å². The molecule has 1 aliphatic rings. The molecule has 112 valence electrons. The molecule has 1 aliphatic heterocycles. The van der Waals surface area contributed by atoms with E-state index in [0.717, 1.165) is 24.6 Å². The fraction of sp³-hybridized carbons (Fsp3) is 0.571. The third-order valence-electron chi connectivity index (χ3n) is 3.76. The van der Waals surface area contributed by atoms with Crippen LogP contribution < -0.4 is 10.6 Å². The molecule has 2 atom stereocenters. The minimum atomic E-state index is -4.66. The SMILES string of the molecule is CC(O)(CN1CC(CN)Cc2ccccc21)C(F)(F)F. The summed E-state index contributed by atoms with van der Waals surface area (Å²) >= 11 is 0. The number of rotatable bonds is 3. The number of hydrogen-bond donors (Lipinski definition) is 2. The second-order valence-corrected chi connectivity index (χ2v) is 5.59. The van der Waals surface area contributed by atoms with Crippen molar-refractivity contribution < 1.29 is 18.3 Å². The zero-order chi connectivity index (χ0) is 15.0. The lowest BCUT2D eigenvalue weighted by molar-refractivity contribution is -0.248. The lowest BCUT2D eigenvalue weighted by Gasteiger charge is -2.40. The predicted octanol–water partition coefficient (Wildman–Crippen LogP) is 1.94. The summed E-state index contributed by atoms with van der Waals surface area (Å²) in [7, 11) is 0. The van der Waals surface area contributed by atoms with Gasteiger partial charge in [0.15, 0.2) is 5.60 Å². The highest BCUT2D eigenvalue weighted by molar-refractivity contribution is 5.56. The number of aliphatic hydroxyl groups is 1. The summed E-state index contributed by atoms with van der Waals surface area (Å²) in [5.41, 5.74) is 4.65. The van der Waals surface area contributed by atoms with Crippen LogP contribution in [0.4, 0.5) is 18.9 Å². The van der Waals surface area contributed by atoms with Crippen molar-refractivity contribution >= 4 is 5.69 Å². The molecule has 0 amide bonds. The normalized spacial score (nSPS) is 22.3. The van der Waals surface area contributed by atoms with E-state index in [1.165, 1.54) is 0 Å². The van der Waals surface area contributed by atoms with Crippen LogP contribution in [0.5, 0.6) is 0 Å². The Balaban J connectivity index is 2.27. The van der Waals surface area contributed by atoms with E-state index >= 15 is 0 Å². The summed E-state index contributed by atoms with van der Waals surface area (Å²) in [6.45, 7) is 1.17. The average Bonchev–Trinajstić information content (AvgIpc) is 2.36. The van der Waals surface area contributed by atoms with E-state index in [1.54, 1.807) is 17.0 Å². The summed E-state index contributed by atoms with van der Waals surface area (Å²) in [5, 5.41) is 9.69. The number of para-hydroxylation sites is 1. The van der Waals surface area contributed by atoms with Gasteiger partial charge in [-0.15, -0.1) is 0 Å². The Morgan fingerprint density at radius 2 is 2.00 bits per heavy atom. The van der Waals surface area contributed by atoms with E-state index in [1.807, 2.05) is 12.1 Å². The van der Waals surface area contributed by atoms with Gasteiger partial charge < -0.3 is 15.7 Å². The summed E-state index contributed by atoms with van der Waals surface area (Å²) < 4.78 is 38.5. The van der Waals surface area contributed by atoms with Crippen LogP contribution in [0.3, 0.4) is 0 Å². The van der Waals surface area contributed by atoms with Crippen LogP contribution in [0.2, 0.25) is 0 Å². The Morgan fingerprint density at radius 1 is 1.35 bits per heavy atom. The lowest BCUT2D eigenvalue weighted by atomic mass is 9.91. The molecule has 3 N–H and O–H groups in total. The number of β-amino-alcohol motifs (C(OH)–C–C–N with tert-alkyl or cyclic N) is 1. The standard InChI is InChI=1S/C14H19F3N2O/c1-13(20,14(15,16)17)9-19-8-10(7-18)6-11-4-2-3-5-12(11)19/h2-5,10,20H,6-9,18H2,1H3. The molecule has 0 spiro atoms. The first-order chi connectivity index (χ1) is 9.24. The molecule has 0 saturated carbocycles. The van der Waals surface area contributed by atoms with Gasteiger partial charge in [-0.3, -0.25) is 0 Å². The Bertz CT molecular complexity index is 474. The molecule has 1 heterocycles. The number of nitrogens with two attached hydrogens (primary N) is 1. The summed E-state index contributed by atoms with van der Waals surface area (Å²) in [6, 6.07) is 7.33. The van der Waals surface area contributed by atoms with Gasteiger partial charge in [-0.05, 0) is 37.4 Å². The molecule has 2 rings (SSSR count). The molecule has 3 nitrogen and oxygen atoms in total. The molecule has 0 aliphatic carbocycles. The minimum Gasteiger partial charge on any atom is -0.379 e. The monoisotopic (exact) mass is 288 g/mol. The van der Waals surface area contributed by atoms with E-state index in [9.17, 15) is 18.3 Å². The van der Waals surface area contributed by atoms with Crippen molar-refractivity contribution in [1.29, 1.82) is 0 Å². The van der Waals surface area contributed by atoms with Gasteiger partial charge in [0.25, 0.3) is 0 Å². The summed E-state index contributed by atoms with van der Waals surface area (Å²) in [5.74, 6) is 0.105. The van der Waals surface area contributed by atoms with E-state index in [4.69, 9.17) is 5.73 Å². The number of hydrogen-bond acceptors (Lipinski definition) is 3. The molecule has 6 heteroatoms. The largest absolute Gasteiger partial charge is 0.418 e. The molecule has 0 aromatic heterocycles. The van der Waals surface area contributed by atoms with Gasteiger partial charge in [-0.2, -0.15) is 13.2 Å². The van der Waals surface area contributed by atoms with Gasteiger partial charge in [-0.1, -0.05) is 18.2 Å². The molecular weight excluding hydrogens is 269 g/mol. The van der Waals surface area contributed by atoms with Crippen LogP contribution in [0.15, 0.2) is 24.3 Å². The van der Waals surface area contributed by atoms with Crippen molar-refractivity contribution in [3.8, 4) is 0 Å². The number of halogens is 3. The minimum absolute atomic E-state index is 0.105. The Hall–Kier alpha value is -1.27. The van der Waals surface area contributed by atoms with Crippen LogP contribution in [-0.4, -0.2) is 36.5 Å². The van der Waals surface area contributed by atoms with Crippen LogP contribution >= 0.6 is 0 Å². The Morgan fingerprint density at radius 3 is 2.60 bits per heavy atom. The van der Waals surface area contributed by atoms with Gasteiger partial charge in [-0.25, -0.2) is 0 Å². The first-order valence-electron chi connectivity index (χ1n) is 6.56. The zero-order valence-electron chi connectivity index (χ0n) is 11.3. The van der Waals surface area contributed by atoms with Crippen molar-refractivity contribution in [3.63, 3.8) is 0 Å². The van der Waals surface area contributed by atoms with E-state index in [-0.39, 0.29) is 5.92 Å². The van der Waals surface area contributed by atoms with Crippen molar-refractivity contribution in [2.45, 2.75) is 25.1 Å². The lowest BCUT2D eigenvalue weighted by Crippen LogP contribution is -2.53.